The average molecular weight is 403 g/mol. The molecule has 0 aliphatic carbocycles. The predicted molar refractivity (Wildman–Crippen MR) is 110 cm³/mol. The zero-order chi connectivity index (χ0) is 19.8. The number of amides is 2. The lowest BCUT2D eigenvalue weighted by Gasteiger charge is -2.26. The fraction of sp³-hybridized carbons (Fsp3) is 0.429. The second-order valence-electron chi connectivity index (χ2n) is 6.73. The van der Waals surface area contributed by atoms with Crippen LogP contribution < -0.4 is 10.1 Å². The average Bonchev–Trinajstić information content (AvgIpc) is 3.18. The molecule has 1 aliphatic heterocycles. The number of ether oxygens (including phenoxy) is 1. The Hall–Kier alpha value is -2.38. The second-order valence-corrected chi connectivity index (χ2v) is 7.79. The summed E-state index contributed by atoms with van der Waals surface area (Å²) in [7, 11) is 0. The molecule has 1 aliphatic rings. The molecule has 6 nitrogen and oxygen atoms in total. The van der Waals surface area contributed by atoms with Crippen LogP contribution in [0, 0.1) is 0 Å². The van der Waals surface area contributed by atoms with Gasteiger partial charge in [0.05, 0.1) is 0 Å². The molecule has 3 rings (SSSR count). The van der Waals surface area contributed by atoms with E-state index in [-0.39, 0.29) is 25.0 Å². The molecule has 0 radical (unpaired) electrons. The van der Waals surface area contributed by atoms with Crippen molar-refractivity contribution in [3.63, 3.8) is 0 Å². The minimum atomic E-state index is -0.249. The summed E-state index contributed by atoms with van der Waals surface area (Å²) in [6, 6.07) is 11.6. The summed E-state index contributed by atoms with van der Waals surface area (Å²) in [5.74, 6) is 0.135. The van der Waals surface area contributed by atoms with Crippen LogP contribution in [-0.2, 0) is 4.79 Å². The van der Waals surface area contributed by atoms with Crippen molar-refractivity contribution in [1.29, 1.82) is 0 Å². The lowest BCUT2D eigenvalue weighted by molar-refractivity contribution is -0.134. The molecule has 0 atom stereocenters. The van der Waals surface area contributed by atoms with Crippen molar-refractivity contribution in [2.75, 3.05) is 32.8 Å². The van der Waals surface area contributed by atoms with Gasteiger partial charge < -0.3 is 20.1 Å². The number of benzene rings is 1. The minimum Gasteiger partial charge on any atom is -0.482 e. The molecule has 2 heterocycles. The third kappa shape index (κ3) is 5.33. The maximum atomic E-state index is 12.6. The molecule has 0 spiro atoms. The number of nitrogens with one attached hydrogen (secondary N) is 1. The first-order valence-electron chi connectivity index (χ1n) is 9.68. The lowest BCUT2D eigenvalue weighted by Crippen LogP contribution is -2.38. The molecule has 150 valence electrons. The summed E-state index contributed by atoms with van der Waals surface area (Å²) in [4.78, 5) is 28.2. The van der Waals surface area contributed by atoms with E-state index in [1.165, 1.54) is 11.3 Å². The molecular weight excluding hydrogens is 376 g/mol. The summed E-state index contributed by atoms with van der Waals surface area (Å²) >= 11 is 1.34. The maximum Gasteiger partial charge on any atom is 0.265 e. The first-order chi connectivity index (χ1) is 13.7. The van der Waals surface area contributed by atoms with Gasteiger partial charge in [0.2, 0.25) is 0 Å². The smallest absolute Gasteiger partial charge is 0.265 e. The van der Waals surface area contributed by atoms with Crippen molar-refractivity contribution in [3.05, 3.63) is 41.3 Å². The van der Waals surface area contributed by atoms with Gasteiger partial charge >= 0.3 is 0 Å². The van der Waals surface area contributed by atoms with Crippen LogP contribution in [0.25, 0.3) is 10.4 Å². The minimum absolute atomic E-state index is 0.0215. The topological polar surface area (TPSA) is 78.9 Å². The van der Waals surface area contributed by atoms with Crippen molar-refractivity contribution < 1.29 is 19.4 Å². The van der Waals surface area contributed by atoms with Crippen LogP contribution in [0.3, 0.4) is 0 Å². The molecule has 1 fully saturated rings. The van der Waals surface area contributed by atoms with Crippen molar-refractivity contribution in [2.24, 2.45) is 0 Å². The fourth-order valence-electron chi connectivity index (χ4n) is 3.12. The Bertz CT molecular complexity index is 785. The van der Waals surface area contributed by atoms with Gasteiger partial charge in [0, 0.05) is 31.1 Å². The number of likely N-dealkylation sites (tertiary alicyclic amines) is 1. The number of carbonyl (C=O) groups is 2. The number of hydrogen-bond donors (Lipinski definition) is 2. The van der Waals surface area contributed by atoms with Gasteiger partial charge in [-0.2, -0.15) is 0 Å². The SMILES string of the molecule is O=C(NCCCO)c1sc(-c2ccccc2)cc1OCC(=O)N1CCCCC1. The first kappa shape index (κ1) is 20.4. The number of carbonyl (C=O) groups excluding carboxylic acids is 2. The van der Waals surface area contributed by atoms with E-state index in [0.29, 0.717) is 23.6 Å². The van der Waals surface area contributed by atoms with Gasteiger partial charge in [-0.05, 0) is 37.3 Å². The molecule has 1 aromatic carbocycles. The van der Waals surface area contributed by atoms with Crippen molar-refractivity contribution in [1.82, 2.24) is 10.2 Å². The molecule has 2 N–H and O–H groups in total. The summed E-state index contributed by atoms with van der Waals surface area (Å²) < 4.78 is 5.79. The number of thiophene rings is 1. The molecule has 28 heavy (non-hydrogen) atoms. The number of rotatable bonds is 8. The molecule has 0 unspecified atom stereocenters. The van der Waals surface area contributed by atoms with Gasteiger partial charge in [0.15, 0.2) is 6.61 Å². The van der Waals surface area contributed by atoms with E-state index < -0.39 is 0 Å². The Kier molecular flexibility index (Phi) is 7.45. The van der Waals surface area contributed by atoms with Crippen LogP contribution in [-0.4, -0.2) is 54.7 Å². The van der Waals surface area contributed by atoms with E-state index in [1.54, 1.807) is 0 Å². The zero-order valence-electron chi connectivity index (χ0n) is 15.9. The molecule has 2 amide bonds. The summed E-state index contributed by atoms with van der Waals surface area (Å²) in [5.41, 5.74) is 0.995. The molecule has 0 saturated carbocycles. The van der Waals surface area contributed by atoms with Gasteiger partial charge in [0.25, 0.3) is 11.8 Å². The van der Waals surface area contributed by atoms with Crippen LogP contribution in [0.5, 0.6) is 5.75 Å². The van der Waals surface area contributed by atoms with Crippen LogP contribution in [0.2, 0.25) is 0 Å². The highest BCUT2D eigenvalue weighted by atomic mass is 32.1. The predicted octanol–water partition coefficient (Wildman–Crippen LogP) is 2.92. The Morgan fingerprint density at radius 3 is 2.61 bits per heavy atom. The Morgan fingerprint density at radius 1 is 1.14 bits per heavy atom. The van der Waals surface area contributed by atoms with Gasteiger partial charge in [-0.15, -0.1) is 11.3 Å². The third-order valence-corrected chi connectivity index (χ3v) is 5.81. The number of aliphatic hydroxyl groups excluding tert-OH is 1. The summed E-state index contributed by atoms with van der Waals surface area (Å²) in [6.07, 6.45) is 3.71. The lowest BCUT2D eigenvalue weighted by atomic mass is 10.1. The second kappa shape index (κ2) is 10.2. The molecular formula is C21H26N2O4S. The highest BCUT2D eigenvalue weighted by Crippen LogP contribution is 2.36. The quantitative estimate of drug-likeness (QED) is 0.666. The number of piperidine rings is 1. The number of nitrogens with zero attached hydrogens (tertiary/aromatic N) is 1. The zero-order valence-corrected chi connectivity index (χ0v) is 16.7. The van der Waals surface area contributed by atoms with Crippen LogP contribution in [0.1, 0.15) is 35.4 Å². The summed E-state index contributed by atoms with van der Waals surface area (Å²) in [5, 5.41) is 11.7. The standard InChI is InChI=1S/C21H26N2O4S/c24-13-7-10-22-21(26)20-17(14-18(28-20)16-8-3-1-4-9-16)27-15-19(25)23-11-5-2-6-12-23/h1,3-4,8-9,14,24H,2,5-7,10-13,15H2,(H,22,26). The van der Waals surface area contributed by atoms with Crippen LogP contribution >= 0.6 is 11.3 Å². The van der Waals surface area contributed by atoms with Crippen molar-refractivity contribution in [3.8, 4) is 16.2 Å². The van der Waals surface area contributed by atoms with E-state index in [4.69, 9.17) is 9.84 Å². The third-order valence-electron chi connectivity index (χ3n) is 4.64. The van der Waals surface area contributed by atoms with Crippen LogP contribution in [0.4, 0.5) is 0 Å². The summed E-state index contributed by atoms with van der Waals surface area (Å²) in [6.45, 7) is 1.89. The number of hydrogen-bond acceptors (Lipinski definition) is 5. The largest absolute Gasteiger partial charge is 0.482 e. The van der Waals surface area contributed by atoms with Crippen molar-refractivity contribution >= 4 is 23.2 Å². The van der Waals surface area contributed by atoms with Gasteiger partial charge in [-0.3, -0.25) is 9.59 Å². The molecule has 1 saturated heterocycles. The first-order valence-corrected chi connectivity index (χ1v) is 10.5. The molecule has 0 bridgehead atoms. The Labute approximate surface area is 169 Å². The van der Waals surface area contributed by atoms with Crippen LogP contribution in [0.15, 0.2) is 36.4 Å². The normalized spacial score (nSPS) is 14.0. The highest BCUT2D eigenvalue weighted by molar-refractivity contribution is 7.17. The van der Waals surface area contributed by atoms with E-state index >= 15 is 0 Å². The Morgan fingerprint density at radius 2 is 1.89 bits per heavy atom. The monoisotopic (exact) mass is 402 g/mol. The highest BCUT2D eigenvalue weighted by Gasteiger charge is 2.21. The van der Waals surface area contributed by atoms with Crippen molar-refractivity contribution in [2.45, 2.75) is 25.7 Å². The fourth-order valence-corrected chi connectivity index (χ4v) is 4.14. The molecule has 7 heteroatoms. The molecule has 1 aromatic heterocycles. The Balaban J connectivity index is 1.74. The van der Waals surface area contributed by atoms with E-state index in [9.17, 15) is 9.59 Å². The molecule has 2 aromatic rings. The number of aliphatic hydroxyl groups is 1. The van der Waals surface area contributed by atoms with E-state index in [1.807, 2.05) is 41.3 Å². The van der Waals surface area contributed by atoms with Gasteiger partial charge in [0.1, 0.15) is 10.6 Å². The van der Waals surface area contributed by atoms with E-state index in [2.05, 4.69) is 5.32 Å². The van der Waals surface area contributed by atoms with E-state index in [0.717, 1.165) is 42.8 Å². The van der Waals surface area contributed by atoms with Gasteiger partial charge in [-0.25, -0.2) is 0 Å². The van der Waals surface area contributed by atoms with Gasteiger partial charge in [-0.1, -0.05) is 30.3 Å². The maximum absolute atomic E-state index is 12.6.